The minimum Gasteiger partial charge on any atom is -0.481 e. The van der Waals surface area contributed by atoms with E-state index in [1.54, 1.807) is 0 Å². The third kappa shape index (κ3) is 1.79. The van der Waals surface area contributed by atoms with E-state index in [9.17, 15) is 4.79 Å². The van der Waals surface area contributed by atoms with E-state index in [0.29, 0.717) is 11.8 Å². The van der Waals surface area contributed by atoms with Gasteiger partial charge in [0.2, 0.25) is 0 Å². The molecule has 2 heteroatoms. The Kier molecular flexibility index (Phi) is 3.12. The lowest BCUT2D eigenvalue weighted by Crippen LogP contribution is -2.23. The van der Waals surface area contributed by atoms with Crippen LogP contribution in [-0.4, -0.2) is 11.1 Å². The molecule has 0 aliphatic heterocycles. The van der Waals surface area contributed by atoms with Gasteiger partial charge in [-0.1, -0.05) is 26.7 Å². The predicted molar refractivity (Wildman–Crippen MR) is 47.9 cm³/mol. The van der Waals surface area contributed by atoms with Gasteiger partial charge in [0.1, 0.15) is 0 Å². The molecule has 0 heterocycles. The van der Waals surface area contributed by atoms with Crippen LogP contribution in [0.3, 0.4) is 0 Å². The maximum atomic E-state index is 10.8. The standard InChI is InChI=1S/C10H18O2/c1-3-7(2)8-5-4-6-9(8)10(11)12/h7-9H,3-6H2,1-2H3,(H,11,12). The molecular weight excluding hydrogens is 152 g/mol. The molecule has 1 rings (SSSR count). The van der Waals surface area contributed by atoms with Gasteiger partial charge in [0, 0.05) is 0 Å². The zero-order chi connectivity index (χ0) is 9.14. The first-order chi connectivity index (χ1) is 5.66. The molecule has 0 bridgehead atoms. The van der Waals surface area contributed by atoms with Gasteiger partial charge >= 0.3 is 5.97 Å². The van der Waals surface area contributed by atoms with Gasteiger partial charge in [-0.05, 0) is 24.7 Å². The van der Waals surface area contributed by atoms with E-state index < -0.39 is 5.97 Å². The monoisotopic (exact) mass is 170 g/mol. The molecule has 2 nitrogen and oxygen atoms in total. The molecule has 0 radical (unpaired) electrons. The van der Waals surface area contributed by atoms with Gasteiger partial charge in [-0.15, -0.1) is 0 Å². The number of hydrogen-bond acceptors (Lipinski definition) is 1. The highest BCUT2D eigenvalue weighted by molar-refractivity contribution is 5.70. The molecule has 3 unspecified atom stereocenters. The topological polar surface area (TPSA) is 37.3 Å². The molecule has 3 atom stereocenters. The molecule has 12 heavy (non-hydrogen) atoms. The van der Waals surface area contributed by atoms with Crippen molar-refractivity contribution < 1.29 is 9.90 Å². The number of carboxylic acids is 1. The zero-order valence-corrected chi connectivity index (χ0v) is 7.92. The second-order valence-corrected chi connectivity index (χ2v) is 3.93. The summed E-state index contributed by atoms with van der Waals surface area (Å²) in [5.74, 6) is 0.374. The average molecular weight is 170 g/mol. The van der Waals surface area contributed by atoms with Crippen molar-refractivity contribution in [1.29, 1.82) is 0 Å². The van der Waals surface area contributed by atoms with Crippen LogP contribution in [0.1, 0.15) is 39.5 Å². The quantitative estimate of drug-likeness (QED) is 0.706. The average Bonchev–Trinajstić information content (AvgIpc) is 2.50. The first kappa shape index (κ1) is 9.56. The highest BCUT2D eigenvalue weighted by atomic mass is 16.4. The molecular formula is C10H18O2. The van der Waals surface area contributed by atoms with E-state index in [2.05, 4.69) is 13.8 Å². The smallest absolute Gasteiger partial charge is 0.306 e. The lowest BCUT2D eigenvalue weighted by Gasteiger charge is -2.21. The largest absolute Gasteiger partial charge is 0.481 e. The lowest BCUT2D eigenvalue weighted by molar-refractivity contribution is -0.143. The van der Waals surface area contributed by atoms with E-state index in [1.807, 2.05) is 0 Å². The van der Waals surface area contributed by atoms with Gasteiger partial charge in [0.05, 0.1) is 5.92 Å². The maximum Gasteiger partial charge on any atom is 0.306 e. The predicted octanol–water partition coefficient (Wildman–Crippen LogP) is 2.53. The molecule has 70 valence electrons. The molecule has 0 saturated heterocycles. The SMILES string of the molecule is CCC(C)C1CCCC1C(=O)O. The summed E-state index contributed by atoms with van der Waals surface area (Å²) in [6, 6.07) is 0. The Hall–Kier alpha value is -0.530. The Morgan fingerprint density at radius 2 is 2.25 bits per heavy atom. The second kappa shape index (κ2) is 3.92. The Morgan fingerprint density at radius 1 is 1.58 bits per heavy atom. The van der Waals surface area contributed by atoms with E-state index in [0.717, 1.165) is 25.7 Å². The Bertz CT molecular complexity index is 165. The van der Waals surface area contributed by atoms with E-state index in [4.69, 9.17) is 5.11 Å². The van der Waals surface area contributed by atoms with Crippen LogP contribution in [-0.2, 0) is 4.79 Å². The number of carbonyl (C=O) groups is 1. The van der Waals surface area contributed by atoms with Crippen molar-refractivity contribution in [2.24, 2.45) is 17.8 Å². The molecule has 0 aromatic heterocycles. The summed E-state index contributed by atoms with van der Waals surface area (Å²) in [5.41, 5.74) is 0. The van der Waals surface area contributed by atoms with Crippen molar-refractivity contribution in [3.8, 4) is 0 Å². The summed E-state index contributed by atoms with van der Waals surface area (Å²) in [5, 5.41) is 8.93. The first-order valence-corrected chi connectivity index (χ1v) is 4.89. The van der Waals surface area contributed by atoms with Gasteiger partial charge < -0.3 is 5.11 Å². The Labute approximate surface area is 74.0 Å². The molecule has 1 N–H and O–H groups in total. The molecule has 0 aromatic carbocycles. The second-order valence-electron chi connectivity index (χ2n) is 3.93. The molecule has 1 aliphatic carbocycles. The molecule has 0 spiro atoms. The number of rotatable bonds is 3. The number of hydrogen-bond donors (Lipinski definition) is 1. The number of aliphatic carboxylic acids is 1. The van der Waals surface area contributed by atoms with Crippen molar-refractivity contribution >= 4 is 5.97 Å². The fourth-order valence-electron chi connectivity index (χ4n) is 2.28. The van der Waals surface area contributed by atoms with Crippen molar-refractivity contribution in [3.63, 3.8) is 0 Å². The van der Waals surface area contributed by atoms with E-state index in [1.165, 1.54) is 0 Å². The fraction of sp³-hybridized carbons (Fsp3) is 0.900. The van der Waals surface area contributed by atoms with Crippen LogP contribution in [0.15, 0.2) is 0 Å². The third-order valence-corrected chi connectivity index (χ3v) is 3.26. The molecule has 1 aliphatic rings. The van der Waals surface area contributed by atoms with Crippen LogP contribution >= 0.6 is 0 Å². The van der Waals surface area contributed by atoms with E-state index >= 15 is 0 Å². The van der Waals surface area contributed by atoms with Crippen molar-refractivity contribution in [2.75, 3.05) is 0 Å². The minimum atomic E-state index is -0.585. The van der Waals surface area contributed by atoms with Gasteiger partial charge in [0.25, 0.3) is 0 Å². The van der Waals surface area contributed by atoms with Crippen LogP contribution in [0.25, 0.3) is 0 Å². The summed E-state index contributed by atoms with van der Waals surface area (Å²) in [7, 11) is 0. The minimum absolute atomic E-state index is 0.0556. The highest BCUT2D eigenvalue weighted by Crippen LogP contribution is 2.38. The van der Waals surface area contributed by atoms with Gasteiger partial charge in [-0.3, -0.25) is 4.79 Å². The molecule has 0 amide bonds. The van der Waals surface area contributed by atoms with Crippen molar-refractivity contribution in [1.82, 2.24) is 0 Å². The zero-order valence-electron chi connectivity index (χ0n) is 7.92. The van der Waals surface area contributed by atoms with Gasteiger partial charge in [-0.2, -0.15) is 0 Å². The van der Waals surface area contributed by atoms with Crippen LogP contribution < -0.4 is 0 Å². The first-order valence-electron chi connectivity index (χ1n) is 4.89. The lowest BCUT2D eigenvalue weighted by atomic mass is 9.83. The summed E-state index contributed by atoms with van der Waals surface area (Å²) in [6.07, 6.45) is 4.22. The van der Waals surface area contributed by atoms with Gasteiger partial charge in [-0.25, -0.2) is 0 Å². The third-order valence-electron chi connectivity index (χ3n) is 3.26. The normalized spacial score (nSPS) is 31.8. The van der Waals surface area contributed by atoms with Crippen LogP contribution in [0.2, 0.25) is 0 Å². The molecule has 0 aromatic rings. The van der Waals surface area contributed by atoms with Crippen LogP contribution in [0.4, 0.5) is 0 Å². The van der Waals surface area contributed by atoms with Crippen molar-refractivity contribution in [2.45, 2.75) is 39.5 Å². The molecule has 1 fully saturated rings. The molecule has 1 saturated carbocycles. The summed E-state index contributed by atoms with van der Waals surface area (Å²) in [6.45, 7) is 4.31. The summed E-state index contributed by atoms with van der Waals surface area (Å²) in [4.78, 5) is 10.8. The number of carboxylic acid groups (broad SMARTS) is 1. The van der Waals surface area contributed by atoms with Crippen molar-refractivity contribution in [3.05, 3.63) is 0 Å². The summed E-state index contributed by atoms with van der Waals surface area (Å²) < 4.78 is 0. The maximum absolute atomic E-state index is 10.8. The Balaban J connectivity index is 2.57. The van der Waals surface area contributed by atoms with Crippen LogP contribution in [0, 0.1) is 17.8 Å². The highest BCUT2D eigenvalue weighted by Gasteiger charge is 2.35. The van der Waals surface area contributed by atoms with Crippen LogP contribution in [0.5, 0.6) is 0 Å². The Morgan fingerprint density at radius 3 is 2.75 bits per heavy atom. The van der Waals surface area contributed by atoms with Gasteiger partial charge in [0.15, 0.2) is 0 Å². The van der Waals surface area contributed by atoms with E-state index in [-0.39, 0.29) is 5.92 Å². The fourth-order valence-corrected chi connectivity index (χ4v) is 2.28. The summed E-state index contributed by atoms with van der Waals surface area (Å²) >= 11 is 0.